The molecule has 1 heterocycles. The fourth-order valence-corrected chi connectivity index (χ4v) is 2.18. The van der Waals surface area contributed by atoms with Crippen LogP contribution in [0.1, 0.15) is 26.7 Å². The maximum atomic E-state index is 11.6. The Labute approximate surface area is 91.6 Å². The summed E-state index contributed by atoms with van der Waals surface area (Å²) in [7, 11) is 2.17. The van der Waals surface area contributed by atoms with Gasteiger partial charge in [0.05, 0.1) is 12.7 Å². The first-order chi connectivity index (χ1) is 7.09. The highest BCUT2D eigenvalue weighted by molar-refractivity contribution is 5.80. The minimum Gasteiger partial charge on any atom is -0.325 e. The third-order valence-corrected chi connectivity index (χ3v) is 3.62. The van der Waals surface area contributed by atoms with Crippen LogP contribution in [0.5, 0.6) is 0 Å². The molecule has 2 atom stereocenters. The smallest absolute Gasteiger partial charge is 0.237 e. The average Bonchev–Trinajstić information content (AvgIpc) is 3.00. The summed E-state index contributed by atoms with van der Waals surface area (Å²) >= 11 is 0. The highest BCUT2D eigenvalue weighted by atomic mass is 16.2. The minimum absolute atomic E-state index is 0.201. The number of carbonyl (C=O) groups is 1. The van der Waals surface area contributed by atoms with Crippen LogP contribution in [0.2, 0.25) is 0 Å². The van der Waals surface area contributed by atoms with E-state index in [9.17, 15) is 4.79 Å². The molecule has 2 aliphatic rings. The zero-order valence-electron chi connectivity index (χ0n) is 9.86. The van der Waals surface area contributed by atoms with Gasteiger partial charge in [-0.25, -0.2) is 0 Å². The predicted molar refractivity (Wildman–Crippen MR) is 59.4 cm³/mol. The molecule has 0 spiro atoms. The summed E-state index contributed by atoms with van der Waals surface area (Å²) in [6, 6.07) is 1.23. The average molecular weight is 211 g/mol. The first kappa shape index (κ1) is 10.9. The van der Waals surface area contributed by atoms with E-state index in [0.717, 1.165) is 12.6 Å². The summed E-state index contributed by atoms with van der Waals surface area (Å²) in [6.45, 7) is 5.60. The Morgan fingerprint density at radius 1 is 1.60 bits per heavy atom. The molecular formula is C11H21N3O. The highest BCUT2D eigenvalue weighted by Crippen LogP contribution is 2.27. The Balaban J connectivity index is 1.86. The van der Waals surface area contributed by atoms with E-state index >= 15 is 0 Å². The molecule has 1 aliphatic carbocycles. The van der Waals surface area contributed by atoms with Crippen LogP contribution in [0.15, 0.2) is 0 Å². The van der Waals surface area contributed by atoms with E-state index in [-0.39, 0.29) is 12.1 Å². The van der Waals surface area contributed by atoms with Crippen LogP contribution in [0.3, 0.4) is 0 Å². The van der Waals surface area contributed by atoms with Crippen LogP contribution in [0.4, 0.5) is 0 Å². The van der Waals surface area contributed by atoms with Gasteiger partial charge in [-0.3, -0.25) is 15.0 Å². The van der Waals surface area contributed by atoms with E-state index in [1.54, 1.807) is 0 Å². The van der Waals surface area contributed by atoms with E-state index in [4.69, 9.17) is 0 Å². The summed E-state index contributed by atoms with van der Waals surface area (Å²) in [5, 5.41) is 3.17. The predicted octanol–water partition coefficient (Wildman–Crippen LogP) is 0.247. The van der Waals surface area contributed by atoms with Crippen molar-refractivity contribution in [2.45, 2.75) is 44.9 Å². The van der Waals surface area contributed by atoms with Crippen molar-refractivity contribution in [3.63, 3.8) is 0 Å². The molecule has 2 unspecified atom stereocenters. The van der Waals surface area contributed by atoms with Gasteiger partial charge in [0.1, 0.15) is 0 Å². The Kier molecular flexibility index (Phi) is 2.98. The van der Waals surface area contributed by atoms with E-state index in [1.165, 1.54) is 12.8 Å². The maximum Gasteiger partial charge on any atom is 0.237 e. The van der Waals surface area contributed by atoms with E-state index < -0.39 is 0 Å². The quantitative estimate of drug-likeness (QED) is 0.724. The third kappa shape index (κ3) is 2.32. The number of amides is 1. The first-order valence-corrected chi connectivity index (χ1v) is 5.84. The van der Waals surface area contributed by atoms with Gasteiger partial charge in [-0.1, -0.05) is 0 Å². The Morgan fingerprint density at radius 2 is 2.27 bits per heavy atom. The standard InChI is InChI=1S/C11H21N3O/c1-8(13(3)10-4-5-10)7-14-9(2)12-6-11(14)15/h8-10,12H,4-7H2,1-3H3. The monoisotopic (exact) mass is 211 g/mol. The lowest BCUT2D eigenvalue weighted by Gasteiger charge is -2.30. The third-order valence-electron chi connectivity index (χ3n) is 3.62. The summed E-state index contributed by atoms with van der Waals surface area (Å²) in [6.07, 6.45) is 2.85. The van der Waals surface area contributed by atoms with E-state index in [0.29, 0.717) is 12.6 Å². The molecule has 4 heteroatoms. The fraction of sp³-hybridized carbons (Fsp3) is 0.909. The van der Waals surface area contributed by atoms with Crippen LogP contribution < -0.4 is 5.32 Å². The number of nitrogens with one attached hydrogen (secondary N) is 1. The van der Waals surface area contributed by atoms with Crippen molar-refractivity contribution in [3.8, 4) is 0 Å². The normalized spacial score (nSPS) is 28.9. The number of rotatable bonds is 4. The second-order valence-electron chi connectivity index (χ2n) is 4.85. The lowest BCUT2D eigenvalue weighted by atomic mass is 10.2. The second kappa shape index (κ2) is 4.10. The van der Waals surface area contributed by atoms with E-state index in [2.05, 4.69) is 31.1 Å². The fourth-order valence-electron chi connectivity index (χ4n) is 2.18. The SMILES string of the molecule is CC1NCC(=O)N1CC(C)N(C)C1CC1. The van der Waals surface area contributed by atoms with E-state index in [1.807, 2.05) is 4.90 Å². The Bertz CT molecular complexity index is 252. The lowest BCUT2D eigenvalue weighted by molar-refractivity contribution is -0.128. The van der Waals surface area contributed by atoms with Gasteiger partial charge in [-0.05, 0) is 33.7 Å². The maximum absolute atomic E-state index is 11.6. The number of hydrogen-bond acceptors (Lipinski definition) is 3. The molecule has 2 fully saturated rings. The molecule has 4 nitrogen and oxygen atoms in total. The largest absolute Gasteiger partial charge is 0.325 e. The number of likely N-dealkylation sites (N-methyl/N-ethyl adjacent to an activating group) is 1. The minimum atomic E-state index is 0.201. The van der Waals surface area contributed by atoms with Crippen molar-refractivity contribution in [1.29, 1.82) is 0 Å². The zero-order chi connectivity index (χ0) is 11.0. The molecule has 1 saturated carbocycles. The van der Waals surface area contributed by atoms with Crippen molar-refractivity contribution >= 4 is 5.91 Å². The lowest BCUT2D eigenvalue weighted by Crippen LogP contribution is -2.45. The molecule has 0 bridgehead atoms. The van der Waals surface area contributed by atoms with Gasteiger partial charge in [0.15, 0.2) is 0 Å². The van der Waals surface area contributed by atoms with Gasteiger partial charge < -0.3 is 4.90 Å². The molecule has 2 rings (SSSR count). The summed E-state index contributed by atoms with van der Waals surface area (Å²) in [4.78, 5) is 15.9. The number of hydrogen-bond donors (Lipinski definition) is 1. The van der Waals surface area contributed by atoms with Gasteiger partial charge in [0.25, 0.3) is 0 Å². The molecule has 1 N–H and O–H groups in total. The van der Waals surface area contributed by atoms with Crippen molar-refractivity contribution in [2.75, 3.05) is 20.1 Å². The molecule has 0 radical (unpaired) electrons. The van der Waals surface area contributed by atoms with Gasteiger partial charge >= 0.3 is 0 Å². The Morgan fingerprint density at radius 3 is 2.73 bits per heavy atom. The highest BCUT2D eigenvalue weighted by Gasteiger charge is 2.33. The van der Waals surface area contributed by atoms with Crippen LogP contribution in [0, 0.1) is 0 Å². The van der Waals surface area contributed by atoms with Gasteiger partial charge in [0.2, 0.25) is 5.91 Å². The van der Waals surface area contributed by atoms with Crippen molar-refractivity contribution in [2.24, 2.45) is 0 Å². The van der Waals surface area contributed by atoms with Gasteiger partial charge in [-0.2, -0.15) is 0 Å². The van der Waals surface area contributed by atoms with Crippen molar-refractivity contribution < 1.29 is 4.79 Å². The van der Waals surface area contributed by atoms with Crippen LogP contribution >= 0.6 is 0 Å². The Hall–Kier alpha value is -0.610. The van der Waals surface area contributed by atoms with Crippen molar-refractivity contribution in [1.82, 2.24) is 15.1 Å². The molecule has 0 aromatic heterocycles. The van der Waals surface area contributed by atoms with Crippen LogP contribution in [-0.4, -0.2) is 54.1 Å². The topological polar surface area (TPSA) is 35.6 Å². The molecule has 1 saturated heterocycles. The van der Waals surface area contributed by atoms with Crippen LogP contribution in [-0.2, 0) is 4.79 Å². The van der Waals surface area contributed by atoms with Crippen molar-refractivity contribution in [3.05, 3.63) is 0 Å². The molecule has 0 aromatic rings. The van der Waals surface area contributed by atoms with Gasteiger partial charge in [0, 0.05) is 18.6 Å². The number of nitrogens with zero attached hydrogens (tertiary/aromatic N) is 2. The molecule has 0 aromatic carbocycles. The molecule has 86 valence electrons. The van der Waals surface area contributed by atoms with Crippen LogP contribution in [0.25, 0.3) is 0 Å². The molecule has 15 heavy (non-hydrogen) atoms. The summed E-state index contributed by atoms with van der Waals surface area (Å²) < 4.78 is 0. The summed E-state index contributed by atoms with van der Waals surface area (Å²) in [5.74, 6) is 0.235. The molecule has 1 aliphatic heterocycles. The zero-order valence-corrected chi connectivity index (χ0v) is 9.86. The number of carbonyl (C=O) groups excluding carboxylic acids is 1. The molecule has 1 amide bonds. The first-order valence-electron chi connectivity index (χ1n) is 5.84. The summed E-state index contributed by atoms with van der Waals surface area (Å²) in [5.41, 5.74) is 0. The van der Waals surface area contributed by atoms with Gasteiger partial charge in [-0.15, -0.1) is 0 Å². The molecular weight excluding hydrogens is 190 g/mol. The second-order valence-corrected chi connectivity index (χ2v) is 4.85.